The fourth-order valence-electron chi connectivity index (χ4n) is 4.71. The number of fused-ring (bicyclic) bond motifs is 2. The molecule has 31 heavy (non-hydrogen) atoms. The molecular weight excluding hydrogens is 392 g/mol. The predicted octanol–water partition coefficient (Wildman–Crippen LogP) is 4.00. The van der Waals surface area contributed by atoms with Crippen molar-refractivity contribution in [1.29, 1.82) is 0 Å². The number of carbonyl (C=O) groups is 1. The van der Waals surface area contributed by atoms with Gasteiger partial charge >= 0.3 is 11.6 Å². The van der Waals surface area contributed by atoms with Crippen molar-refractivity contribution in [2.24, 2.45) is 0 Å². The van der Waals surface area contributed by atoms with Crippen molar-refractivity contribution in [1.82, 2.24) is 0 Å². The van der Waals surface area contributed by atoms with Crippen LogP contribution in [0.3, 0.4) is 0 Å². The van der Waals surface area contributed by atoms with E-state index in [-0.39, 0.29) is 12.0 Å². The van der Waals surface area contributed by atoms with Gasteiger partial charge in [-0.25, -0.2) is 9.36 Å². The lowest BCUT2D eigenvalue weighted by atomic mass is 9.98. The maximum atomic E-state index is 12.9. The van der Waals surface area contributed by atoms with Gasteiger partial charge in [0.1, 0.15) is 12.1 Å². The molecule has 4 rings (SSSR count). The lowest BCUT2D eigenvalue weighted by Gasteiger charge is -2.31. The number of nitrogens with zero attached hydrogens (tertiary/aromatic N) is 2. The molecule has 3 aromatic rings. The van der Waals surface area contributed by atoms with Crippen LogP contribution in [-0.2, 0) is 17.8 Å². The van der Waals surface area contributed by atoms with Gasteiger partial charge in [-0.3, -0.25) is 4.79 Å². The molecule has 0 saturated carbocycles. The van der Waals surface area contributed by atoms with Crippen molar-refractivity contribution in [2.45, 2.75) is 53.0 Å². The quantitative estimate of drug-likeness (QED) is 0.481. The van der Waals surface area contributed by atoms with E-state index in [9.17, 15) is 9.59 Å². The van der Waals surface area contributed by atoms with Gasteiger partial charge in [0.15, 0.2) is 11.4 Å². The van der Waals surface area contributed by atoms with E-state index in [1.54, 1.807) is 0 Å². The fourth-order valence-corrected chi connectivity index (χ4v) is 4.71. The summed E-state index contributed by atoms with van der Waals surface area (Å²) < 4.78 is 7.97. The summed E-state index contributed by atoms with van der Waals surface area (Å²) in [7, 11) is 0. The number of hydrogen-bond acceptors (Lipinski definition) is 4. The molecule has 162 valence electrons. The van der Waals surface area contributed by atoms with Crippen LogP contribution in [0.1, 0.15) is 43.1 Å². The Labute approximate surface area is 181 Å². The van der Waals surface area contributed by atoms with E-state index >= 15 is 0 Å². The molecule has 0 bridgehead atoms. The summed E-state index contributed by atoms with van der Waals surface area (Å²) in [5, 5.41) is 9.84. The van der Waals surface area contributed by atoms with Crippen molar-refractivity contribution in [3.8, 4) is 11.1 Å². The summed E-state index contributed by atoms with van der Waals surface area (Å²) in [6, 6.07) is 10.1. The van der Waals surface area contributed by atoms with Gasteiger partial charge in [-0.15, -0.1) is 0 Å². The summed E-state index contributed by atoms with van der Waals surface area (Å²) in [6.07, 6.45) is 2.75. The zero-order valence-corrected chi connectivity index (χ0v) is 18.4. The third-order valence-corrected chi connectivity index (χ3v) is 6.17. The molecule has 1 N–H and O–H groups in total. The average molecular weight is 422 g/mol. The lowest BCUT2D eigenvalue weighted by molar-refractivity contribution is -0.705. The molecule has 0 aliphatic carbocycles. The number of carboxylic acids is 1. The highest BCUT2D eigenvalue weighted by Crippen LogP contribution is 2.33. The van der Waals surface area contributed by atoms with Crippen LogP contribution in [0.15, 0.2) is 39.5 Å². The molecule has 1 aliphatic rings. The number of pyridine rings is 1. The standard InChI is InChI=1S/C25H28N2O4/c1-4-27-16(2)11-19(12-17(27)3)21-14-20-13-18-7-5-9-26(10-6-8-24(28)29)22(18)15-23(20)31-25(21)30/h11-15H,4-10H2,1-3H3/p+1. The van der Waals surface area contributed by atoms with Crippen LogP contribution in [0.4, 0.5) is 5.69 Å². The highest BCUT2D eigenvalue weighted by atomic mass is 16.4. The second-order valence-corrected chi connectivity index (χ2v) is 8.33. The Hall–Kier alpha value is -3.15. The average Bonchev–Trinajstić information content (AvgIpc) is 2.71. The zero-order valence-electron chi connectivity index (χ0n) is 18.4. The minimum absolute atomic E-state index is 0.159. The van der Waals surface area contributed by atoms with Crippen molar-refractivity contribution >= 4 is 22.6 Å². The predicted molar refractivity (Wildman–Crippen MR) is 121 cm³/mol. The smallest absolute Gasteiger partial charge is 0.344 e. The summed E-state index contributed by atoms with van der Waals surface area (Å²) in [5.41, 5.74) is 6.19. The topological polar surface area (TPSA) is 74.6 Å². The van der Waals surface area contributed by atoms with Crippen LogP contribution in [0.5, 0.6) is 0 Å². The van der Waals surface area contributed by atoms with E-state index in [1.807, 2.05) is 24.3 Å². The maximum absolute atomic E-state index is 12.9. The molecule has 6 nitrogen and oxygen atoms in total. The Bertz CT molecular complexity index is 1190. The van der Waals surface area contributed by atoms with Gasteiger partial charge in [0.25, 0.3) is 0 Å². The number of carboxylic acid groups (broad SMARTS) is 1. The van der Waals surface area contributed by atoms with Gasteiger partial charge in [-0.05, 0) is 43.9 Å². The Balaban J connectivity index is 1.74. The summed E-state index contributed by atoms with van der Waals surface area (Å²) >= 11 is 0. The molecule has 1 aromatic carbocycles. The van der Waals surface area contributed by atoms with E-state index in [0.29, 0.717) is 24.1 Å². The molecule has 3 heterocycles. The second-order valence-electron chi connectivity index (χ2n) is 8.33. The number of rotatable bonds is 6. The van der Waals surface area contributed by atoms with Crippen LogP contribution in [0.25, 0.3) is 22.1 Å². The third-order valence-electron chi connectivity index (χ3n) is 6.17. The van der Waals surface area contributed by atoms with Crippen molar-refractivity contribution < 1.29 is 18.9 Å². The molecule has 2 aromatic heterocycles. The first kappa shape index (κ1) is 21.1. The van der Waals surface area contributed by atoms with Gasteiger partial charge in [0.2, 0.25) is 0 Å². The highest BCUT2D eigenvalue weighted by molar-refractivity contribution is 5.86. The molecule has 0 fully saturated rings. The van der Waals surface area contributed by atoms with Crippen molar-refractivity contribution in [2.75, 3.05) is 18.0 Å². The molecule has 0 radical (unpaired) electrons. The second kappa shape index (κ2) is 8.53. The number of aliphatic carboxylic acids is 1. The van der Waals surface area contributed by atoms with Crippen LogP contribution in [-0.4, -0.2) is 24.2 Å². The van der Waals surface area contributed by atoms with E-state index in [4.69, 9.17) is 9.52 Å². The maximum Gasteiger partial charge on any atom is 0.344 e. The van der Waals surface area contributed by atoms with E-state index < -0.39 is 5.97 Å². The van der Waals surface area contributed by atoms with Gasteiger partial charge in [-0.1, -0.05) is 0 Å². The Morgan fingerprint density at radius 3 is 2.58 bits per heavy atom. The molecular formula is C25H29N2O4+. The van der Waals surface area contributed by atoms with Crippen LogP contribution in [0, 0.1) is 13.8 Å². The Morgan fingerprint density at radius 1 is 1.16 bits per heavy atom. The molecule has 0 atom stereocenters. The van der Waals surface area contributed by atoms with Gasteiger partial charge in [0.05, 0.1) is 5.56 Å². The van der Waals surface area contributed by atoms with Gasteiger partial charge in [0, 0.05) is 68.2 Å². The minimum atomic E-state index is -0.773. The zero-order chi connectivity index (χ0) is 22.1. The van der Waals surface area contributed by atoms with Crippen LogP contribution >= 0.6 is 0 Å². The molecule has 0 saturated heterocycles. The largest absolute Gasteiger partial charge is 0.481 e. The highest BCUT2D eigenvalue weighted by Gasteiger charge is 2.20. The van der Waals surface area contributed by atoms with E-state index in [2.05, 4.69) is 36.3 Å². The van der Waals surface area contributed by atoms with Crippen molar-refractivity contribution in [3.63, 3.8) is 0 Å². The monoisotopic (exact) mass is 421 g/mol. The first-order valence-corrected chi connectivity index (χ1v) is 11.0. The first-order chi connectivity index (χ1) is 14.9. The van der Waals surface area contributed by atoms with Gasteiger partial charge < -0.3 is 14.4 Å². The minimum Gasteiger partial charge on any atom is -0.481 e. The normalized spacial score (nSPS) is 13.5. The number of hydrogen-bond donors (Lipinski definition) is 1. The van der Waals surface area contributed by atoms with E-state index in [1.165, 1.54) is 5.56 Å². The SMILES string of the molecule is CC[n+]1c(C)cc(-c2cc3cc4c(cc3oc2=O)N(CCCC(=O)O)CCC4)cc1C. The molecule has 1 aliphatic heterocycles. The lowest BCUT2D eigenvalue weighted by Crippen LogP contribution is -2.39. The third kappa shape index (κ3) is 4.20. The number of aryl methyl sites for hydroxylation is 3. The van der Waals surface area contributed by atoms with Crippen LogP contribution in [0.2, 0.25) is 0 Å². The molecule has 0 amide bonds. The number of anilines is 1. The molecule has 0 spiro atoms. The van der Waals surface area contributed by atoms with E-state index in [0.717, 1.165) is 54.0 Å². The summed E-state index contributed by atoms with van der Waals surface area (Å²) in [6.45, 7) is 8.68. The van der Waals surface area contributed by atoms with Crippen molar-refractivity contribution in [3.05, 3.63) is 57.7 Å². The number of aromatic nitrogens is 1. The first-order valence-electron chi connectivity index (χ1n) is 11.0. The number of benzene rings is 1. The summed E-state index contributed by atoms with van der Waals surface area (Å²) in [4.78, 5) is 25.9. The molecule has 0 unspecified atom stereocenters. The Kier molecular flexibility index (Phi) is 5.81. The summed E-state index contributed by atoms with van der Waals surface area (Å²) in [5.74, 6) is -0.773. The fraction of sp³-hybridized carbons (Fsp3) is 0.400. The van der Waals surface area contributed by atoms with Gasteiger partial charge in [-0.2, -0.15) is 0 Å². The Morgan fingerprint density at radius 2 is 1.90 bits per heavy atom. The molecule has 6 heteroatoms. The van der Waals surface area contributed by atoms with Crippen LogP contribution < -0.4 is 15.1 Å².